The van der Waals surface area contributed by atoms with E-state index in [-0.39, 0.29) is 35.2 Å². The number of rotatable bonds is 9. The molecule has 1 aromatic carbocycles. The molecule has 6 N–H and O–H groups in total. The summed E-state index contributed by atoms with van der Waals surface area (Å²) < 4.78 is 0. The van der Waals surface area contributed by atoms with Crippen molar-refractivity contribution in [2.75, 3.05) is 41.7 Å². The lowest BCUT2D eigenvalue weighted by atomic mass is 10.0. The summed E-state index contributed by atoms with van der Waals surface area (Å²) in [7, 11) is 0. The highest BCUT2D eigenvalue weighted by molar-refractivity contribution is 5.98. The highest BCUT2D eigenvalue weighted by Crippen LogP contribution is 2.24. The van der Waals surface area contributed by atoms with Crippen LogP contribution >= 0.6 is 0 Å². The van der Waals surface area contributed by atoms with Gasteiger partial charge in [0.2, 0.25) is 17.8 Å². The van der Waals surface area contributed by atoms with Crippen LogP contribution in [0, 0.1) is 5.92 Å². The largest absolute Gasteiger partial charge is 0.369 e. The van der Waals surface area contributed by atoms with E-state index in [2.05, 4.69) is 25.5 Å². The number of nitrogens with two attached hydrogens (primary N) is 2. The zero-order valence-corrected chi connectivity index (χ0v) is 19.7. The number of carbonyl (C=O) groups is 3. The van der Waals surface area contributed by atoms with Gasteiger partial charge in [-0.15, -0.1) is 0 Å². The first-order chi connectivity index (χ1) is 16.1. The summed E-state index contributed by atoms with van der Waals surface area (Å²) in [5.74, 6) is -0.636. The Hall–Kier alpha value is -3.89. The first-order valence-electron chi connectivity index (χ1n) is 11.2. The normalized spacial score (nSPS) is 15.4. The van der Waals surface area contributed by atoms with Gasteiger partial charge in [0.15, 0.2) is 0 Å². The average molecular weight is 469 g/mol. The van der Waals surface area contributed by atoms with Gasteiger partial charge in [0.25, 0.3) is 5.91 Å². The van der Waals surface area contributed by atoms with E-state index < -0.39 is 5.91 Å². The van der Waals surface area contributed by atoms with E-state index in [0.29, 0.717) is 25.5 Å². The second kappa shape index (κ2) is 10.8. The van der Waals surface area contributed by atoms with Crippen LogP contribution in [0.5, 0.6) is 0 Å². The standard InChI is InChI=1S/C23H32N8O3/c1-14(20(24)33)12-15(2)27-23-26-13-19(21(25)34)22(29-23)28-17-4-6-18(7-5-17)31-10-8-30(9-11-31)16(3)32/h4-7,13-15H,8-12H2,1-3H3,(H2,24,33)(H2,25,34)(H2,26,27,28,29). The molecule has 11 heteroatoms. The molecule has 1 aromatic heterocycles. The lowest BCUT2D eigenvalue weighted by Crippen LogP contribution is -2.48. The number of nitrogens with zero attached hydrogens (tertiary/aromatic N) is 4. The zero-order valence-electron chi connectivity index (χ0n) is 19.7. The molecule has 1 aliphatic heterocycles. The number of nitrogens with one attached hydrogen (secondary N) is 2. The van der Waals surface area contributed by atoms with E-state index in [1.807, 2.05) is 36.1 Å². The zero-order chi connectivity index (χ0) is 24.8. The summed E-state index contributed by atoms with van der Waals surface area (Å²) in [6, 6.07) is 7.62. The molecule has 1 fully saturated rings. The quantitative estimate of drug-likeness (QED) is 0.428. The number of piperazine rings is 1. The predicted octanol–water partition coefficient (Wildman–Crippen LogP) is 1.30. The van der Waals surface area contributed by atoms with Gasteiger partial charge in [-0.05, 0) is 37.6 Å². The van der Waals surface area contributed by atoms with E-state index in [4.69, 9.17) is 11.5 Å². The van der Waals surface area contributed by atoms with E-state index in [1.54, 1.807) is 13.8 Å². The van der Waals surface area contributed by atoms with Crippen molar-refractivity contribution in [3.63, 3.8) is 0 Å². The highest BCUT2D eigenvalue weighted by Gasteiger charge is 2.19. The molecule has 1 saturated heterocycles. The Kier molecular flexibility index (Phi) is 7.87. The third kappa shape index (κ3) is 6.33. The van der Waals surface area contributed by atoms with Gasteiger partial charge in [-0.25, -0.2) is 4.98 Å². The van der Waals surface area contributed by atoms with E-state index >= 15 is 0 Å². The van der Waals surface area contributed by atoms with Gasteiger partial charge in [0.1, 0.15) is 11.4 Å². The fraction of sp³-hybridized carbons (Fsp3) is 0.435. The van der Waals surface area contributed by atoms with Gasteiger partial charge in [-0.3, -0.25) is 14.4 Å². The minimum atomic E-state index is -0.649. The molecule has 11 nitrogen and oxygen atoms in total. The minimum absolute atomic E-state index is 0.0972. The summed E-state index contributed by atoms with van der Waals surface area (Å²) >= 11 is 0. The Morgan fingerprint density at radius 2 is 1.71 bits per heavy atom. The fourth-order valence-corrected chi connectivity index (χ4v) is 3.82. The molecule has 1 aliphatic rings. The molecule has 34 heavy (non-hydrogen) atoms. The van der Waals surface area contributed by atoms with Crippen LogP contribution in [-0.2, 0) is 9.59 Å². The maximum absolute atomic E-state index is 11.9. The van der Waals surface area contributed by atoms with Crippen LogP contribution < -0.4 is 27.0 Å². The summed E-state index contributed by atoms with van der Waals surface area (Å²) in [6.45, 7) is 8.18. The smallest absolute Gasteiger partial charge is 0.254 e. The van der Waals surface area contributed by atoms with E-state index in [0.717, 1.165) is 24.5 Å². The molecule has 2 aromatic rings. The molecular formula is C23H32N8O3. The summed E-state index contributed by atoms with van der Waals surface area (Å²) in [6.07, 6.45) is 1.88. The topological polar surface area (TPSA) is 160 Å². The van der Waals surface area contributed by atoms with Crippen molar-refractivity contribution in [3.05, 3.63) is 36.0 Å². The summed E-state index contributed by atoms with van der Waals surface area (Å²) in [5, 5.41) is 6.27. The predicted molar refractivity (Wildman–Crippen MR) is 131 cm³/mol. The van der Waals surface area contributed by atoms with Crippen molar-refractivity contribution in [1.29, 1.82) is 0 Å². The monoisotopic (exact) mass is 468 g/mol. The highest BCUT2D eigenvalue weighted by atomic mass is 16.2. The first-order valence-corrected chi connectivity index (χ1v) is 11.2. The van der Waals surface area contributed by atoms with Crippen molar-refractivity contribution < 1.29 is 14.4 Å². The number of hydrogen-bond acceptors (Lipinski definition) is 8. The molecule has 0 saturated carbocycles. The van der Waals surface area contributed by atoms with Crippen LogP contribution in [0.15, 0.2) is 30.5 Å². The van der Waals surface area contributed by atoms with Crippen LogP contribution in [0.3, 0.4) is 0 Å². The first kappa shape index (κ1) is 24.7. The van der Waals surface area contributed by atoms with Crippen LogP contribution in [0.1, 0.15) is 37.6 Å². The Morgan fingerprint density at radius 3 is 2.26 bits per heavy atom. The number of anilines is 4. The van der Waals surface area contributed by atoms with E-state index in [9.17, 15) is 14.4 Å². The molecule has 0 radical (unpaired) electrons. The molecule has 3 amide bonds. The summed E-state index contributed by atoms with van der Waals surface area (Å²) in [5.41, 5.74) is 12.8. The minimum Gasteiger partial charge on any atom is -0.369 e. The molecule has 0 aliphatic carbocycles. The number of primary amides is 2. The number of benzene rings is 1. The van der Waals surface area contributed by atoms with Gasteiger partial charge in [0, 0.05) is 62.6 Å². The molecule has 2 atom stereocenters. The molecular weight excluding hydrogens is 436 g/mol. The van der Waals surface area contributed by atoms with Gasteiger partial charge in [0.05, 0.1) is 0 Å². The third-order valence-electron chi connectivity index (χ3n) is 5.84. The van der Waals surface area contributed by atoms with Crippen molar-refractivity contribution in [3.8, 4) is 0 Å². The van der Waals surface area contributed by atoms with Gasteiger partial charge < -0.3 is 31.9 Å². The average Bonchev–Trinajstić information content (AvgIpc) is 2.79. The maximum Gasteiger partial charge on any atom is 0.254 e. The molecule has 3 rings (SSSR count). The van der Waals surface area contributed by atoms with Crippen LogP contribution in [0.2, 0.25) is 0 Å². The van der Waals surface area contributed by atoms with Crippen molar-refractivity contribution in [1.82, 2.24) is 14.9 Å². The SMILES string of the molecule is CC(=O)N1CCN(c2ccc(Nc3nc(NC(C)CC(C)C(N)=O)ncc3C(N)=O)cc2)CC1. The second-order valence-corrected chi connectivity index (χ2v) is 8.57. The Labute approximate surface area is 198 Å². The number of carbonyl (C=O) groups excluding carboxylic acids is 3. The number of amides is 3. The molecule has 2 unspecified atom stereocenters. The second-order valence-electron chi connectivity index (χ2n) is 8.57. The molecule has 0 spiro atoms. The number of aromatic nitrogens is 2. The third-order valence-corrected chi connectivity index (χ3v) is 5.84. The Bertz CT molecular complexity index is 1040. The van der Waals surface area contributed by atoms with Gasteiger partial charge in [-0.2, -0.15) is 4.98 Å². The molecule has 0 bridgehead atoms. The van der Waals surface area contributed by atoms with Crippen molar-refractivity contribution in [2.24, 2.45) is 17.4 Å². The maximum atomic E-state index is 11.9. The van der Waals surface area contributed by atoms with Gasteiger partial charge in [-0.1, -0.05) is 6.92 Å². The van der Waals surface area contributed by atoms with E-state index in [1.165, 1.54) is 6.20 Å². The lowest BCUT2D eigenvalue weighted by molar-refractivity contribution is -0.129. The van der Waals surface area contributed by atoms with Crippen LogP contribution in [0.25, 0.3) is 0 Å². The van der Waals surface area contributed by atoms with Crippen LogP contribution in [-0.4, -0.2) is 64.8 Å². The van der Waals surface area contributed by atoms with Crippen molar-refractivity contribution >= 4 is 40.9 Å². The van der Waals surface area contributed by atoms with Crippen LogP contribution in [0.4, 0.5) is 23.1 Å². The fourth-order valence-electron chi connectivity index (χ4n) is 3.82. The Balaban J connectivity index is 1.70. The molecule has 2 heterocycles. The lowest BCUT2D eigenvalue weighted by Gasteiger charge is -2.35. The summed E-state index contributed by atoms with van der Waals surface area (Å²) in [4.78, 5) is 47.4. The van der Waals surface area contributed by atoms with Crippen molar-refractivity contribution in [2.45, 2.75) is 33.2 Å². The van der Waals surface area contributed by atoms with Gasteiger partial charge >= 0.3 is 0 Å². The molecule has 182 valence electrons. The number of hydrogen-bond donors (Lipinski definition) is 4. The Morgan fingerprint density at radius 1 is 1.06 bits per heavy atom.